The van der Waals surface area contributed by atoms with Gasteiger partial charge in [-0.1, -0.05) is 24.3 Å². The lowest BCUT2D eigenvalue weighted by Gasteiger charge is -2.16. The Morgan fingerprint density at radius 2 is 1.91 bits per heavy atom. The van der Waals surface area contributed by atoms with Crippen LogP contribution in [-0.2, 0) is 14.5 Å². The summed E-state index contributed by atoms with van der Waals surface area (Å²) < 4.78 is 22.2. The van der Waals surface area contributed by atoms with Crippen molar-refractivity contribution in [3.8, 4) is 11.4 Å². The second kappa shape index (κ2) is 7.86. The van der Waals surface area contributed by atoms with Gasteiger partial charge in [-0.15, -0.1) is 5.10 Å². The van der Waals surface area contributed by atoms with Gasteiger partial charge >= 0.3 is 0 Å². The van der Waals surface area contributed by atoms with E-state index in [-0.39, 0.29) is 5.91 Å². The summed E-state index contributed by atoms with van der Waals surface area (Å²) in [6, 6.07) is 14.2. The van der Waals surface area contributed by atoms with E-state index in [0.29, 0.717) is 40.8 Å². The highest BCUT2D eigenvalue weighted by atomic mass is 32.2. The molecule has 3 heterocycles. The van der Waals surface area contributed by atoms with Gasteiger partial charge in [0.05, 0.1) is 20.1 Å². The third-order valence-electron chi connectivity index (χ3n) is 5.57. The second-order valence-corrected chi connectivity index (χ2v) is 10.1. The zero-order chi connectivity index (χ0) is 22.3. The summed E-state index contributed by atoms with van der Waals surface area (Å²) in [7, 11) is -2.98. The summed E-state index contributed by atoms with van der Waals surface area (Å²) in [5.41, 5.74) is 1.84. The van der Waals surface area contributed by atoms with Crippen LogP contribution in [0, 0.1) is 4.78 Å². The smallest absolute Gasteiger partial charge is 0.242 e. The van der Waals surface area contributed by atoms with Gasteiger partial charge in [0.15, 0.2) is 11.5 Å². The minimum atomic E-state index is -2.98. The Bertz CT molecular complexity index is 1450. The van der Waals surface area contributed by atoms with Gasteiger partial charge in [-0.2, -0.15) is 4.52 Å². The maximum Gasteiger partial charge on any atom is 0.242 e. The van der Waals surface area contributed by atoms with Crippen molar-refractivity contribution in [1.82, 2.24) is 24.9 Å². The topological polar surface area (TPSA) is 125 Å². The zero-order valence-corrected chi connectivity index (χ0v) is 18.4. The molecule has 10 heteroatoms. The number of benzene rings is 2. The van der Waals surface area contributed by atoms with Gasteiger partial charge in [0, 0.05) is 23.8 Å². The number of carbonyl (C=O) groups excluding carboxylic acids is 1. The molecule has 164 valence electrons. The number of anilines is 1. The van der Waals surface area contributed by atoms with Crippen LogP contribution in [0.25, 0.3) is 27.9 Å². The third kappa shape index (κ3) is 3.66. The number of fused-ring (bicyclic) bond motifs is 3. The van der Waals surface area contributed by atoms with Crippen molar-refractivity contribution < 1.29 is 9.00 Å². The average molecular weight is 450 g/mol. The summed E-state index contributed by atoms with van der Waals surface area (Å²) in [4.78, 5) is 22.3. The molecule has 0 saturated carbocycles. The molecule has 1 aliphatic rings. The molecule has 0 unspecified atom stereocenters. The minimum absolute atomic E-state index is 0.0591. The largest absolute Gasteiger partial charge is 0.354 e. The molecule has 1 amide bonds. The molecular weight excluding hydrogens is 426 g/mol. The van der Waals surface area contributed by atoms with Crippen molar-refractivity contribution in [2.75, 3.05) is 18.1 Å². The van der Waals surface area contributed by atoms with Gasteiger partial charge in [-0.3, -0.25) is 4.79 Å². The van der Waals surface area contributed by atoms with Crippen molar-refractivity contribution in [2.45, 2.75) is 30.2 Å². The zero-order valence-electron chi connectivity index (χ0n) is 17.5. The van der Waals surface area contributed by atoms with Crippen molar-refractivity contribution in [1.29, 1.82) is 4.78 Å². The van der Waals surface area contributed by atoms with Crippen LogP contribution in [0.5, 0.6) is 0 Å². The van der Waals surface area contributed by atoms with E-state index in [1.54, 1.807) is 28.8 Å². The normalized spacial score (nSPS) is 18.8. The van der Waals surface area contributed by atoms with Crippen molar-refractivity contribution in [2.24, 2.45) is 0 Å². The predicted molar refractivity (Wildman–Crippen MR) is 123 cm³/mol. The fourth-order valence-electron chi connectivity index (χ4n) is 3.99. The summed E-state index contributed by atoms with van der Waals surface area (Å²) in [5.74, 6) is 0.713. The molecule has 1 fully saturated rings. The first-order chi connectivity index (χ1) is 15.4. The van der Waals surface area contributed by atoms with Crippen molar-refractivity contribution in [3.05, 3.63) is 48.5 Å². The van der Waals surface area contributed by atoms with Crippen LogP contribution in [0.1, 0.15) is 19.3 Å². The first kappa shape index (κ1) is 20.4. The summed E-state index contributed by atoms with van der Waals surface area (Å²) in [6.07, 6.45) is 3.95. The van der Waals surface area contributed by atoms with Gasteiger partial charge in [-0.25, -0.2) is 19.0 Å². The number of hydrogen-bond acceptors (Lipinski definition) is 7. The van der Waals surface area contributed by atoms with Crippen LogP contribution in [0.4, 0.5) is 5.95 Å². The van der Waals surface area contributed by atoms with Crippen molar-refractivity contribution >= 4 is 38.1 Å². The molecule has 4 aromatic rings. The van der Waals surface area contributed by atoms with Gasteiger partial charge < -0.3 is 10.6 Å². The Morgan fingerprint density at radius 1 is 1.12 bits per heavy atom. The van der Waals surface area contributed by atoms with Crippen LogP contribution < -0.4 is 10.6 Å². The molecule has 2 aromatic carbocycles. The monoisotopic (exact) mass is 449 g/mol. The van der Waals surface area contributed by atoms with E-state index >= 15 is 0 Å². The van der Waals surface area contributed by atoms with Crippen LogP contribution in [0.15, 0.2) is 53.4 Å². The fraction of sp³-hybridized carbons (Fsp3) is 0.273. The number of carbonyl (C=O) groups is 1. The van der Waals surface area contributed by atoms with E-state index < -0.39 is 15.8 Å². The molecule has 9 nitrogen and oxygen atoms in total. The third-order valence-corrected chi connectivity index (χ3v) is 6.76. The number of nitrogens with one attached hydrogen (secondary N) is 3. The number of aromatic nitrogens is 4. The Morgan fingerprint density at radius 3 is 2.75 bits per heavy atom. The van der Waals surface area contributed by atoms with E-state index in [4.69, 9.17) is 14.7 Å². The molecular formula is C22H23N7O2S. The van der Waals surface area contributed by atoms with Crippen LogP contribution in [0.2, 0.25) is 0 Å². The SMILES string of the molecule is C[S@@](=N)(=O)c1ccccc1-c1nc2c3ccccc3nc(N[C@@H]3CCCCNC3=O)n2n1. The minimum Gasteiger partial charge on any atom is -0.354 e. The van der Waals surface area contributed by atoms with E-state index in [1.807, 2.05) is 24.3 Å². The number of hydrogen-bond donors (Lipinski definition) is 3. The summed E-state index contributed by atoms with van der Waals surface area (Å²) in [6.45, 7) is 0.672. The molecule has 1 saturated heterocycles. The standard InChI is InChI=1S/C22H23N7O2S/c1-32(23,31)18-12-5-3-9-15(18)19-27-20-14-8-2-4-10-16(14)25-22(29(20)28-19)26-17-11-6-7-13-24-21(17)30/h2-5,8-10,12,17,23H,6-7,11,13H2,1H3,(H,24,30)(H,25,26)/t17-,32-/m1/s1. The summed E-state index contributed by atoms with van der Waals surface area (Å²) in [5, 5.41) is 11.7. The average Bonchev–Trinajstić information content (AvgIpc) is 3.13. The van der Waals surface area contributed by atoms with E-state index in [2.05, 4.69) is 15.7 Å². The molecule has 2 atom stereocenters. The van der Waals surface area contributed by atoms with E-state index in [1.165, 1.54) is 6.26 Å². The predicted octanol–water partition coefficient (Wildman–Crippen LogP) is 3.06. The highest BCUT2D eigenvalue weighted by molar-refractivity contribution is 7.91. The van der Waals surface area contributed by atoms with Gasteiger partial charge in [0.25, 0.3) is 0 Å². The van der Waals surface area contributed by atoms with E-state index in [0.717, 1.165) is 23.7 Å². The summed E-state index contributed by atoms with van der Waals surface area (Å²) >= 11 is 0. The molecule has 1 aliphatic heterocycles. The maximum absolute atomic E-state index is 12.5. The van der Waals surface area contributed by atoms with Crippen LogP contribution in [-0.4, -0.2) is 48.5 Å². The molecule has 3 N–H and O–H groups in total. The quantitative estimate of drug-likeness (QED) is 0.440. The molecule has 0 aliphatic carbocycles. The second-order valence-electron chi connectivity index (χ2n) is 7.95. The van der Waals surface area contributed by atoms with Gasteiger partial charge in [-0.05, 0) is 43.5 Å². The lowest BCUT2D eigenvalue weighted by Crippen LogP contribution is -2.38. The molecule has 2 aromatic heterocycles. The van der Waals surface area contributed by atoms with Gasteiger partial charge in [0.1, 0.15) is 6.04 Å². The highest BCUT2D eigenvalue weighted by Crippen LogP contribution is 2.28. The number of amides is 1. The lowest BCUT2D eigenvalue weighted by atomic mass is 10.1. The van der Waals surface area contributed by atoms with Crippen molar-refractivity contribution in [3.63, 3.8) is 0 Å². The fourth-order valence-corrected chi connectivity index (χ4v) is 4.90. The Labute approximate surface area is 185 Å². The van der Waals surface area contributed by atoms with E-state index in [9.17, 15) is 9.00 Å². The Kier molecular flexibility index (Phi) is 5.01. The Hall–Kier alpha value is -3.53. The Balaban J connectivity index is 1.70. The molecule has 0 bridgehead atoms. The maximum atomic E-state index is 12.5. The lowest BCUT2D eigenvalue weighted by molar-refractivity contribution is -0.121. The highest BCUT2D eigenvalue weighted by Gasteiger charge is 2.24. The first-order valence-electron chi connectivity index (χ1n) is 10.4. The number of rotatable bonds is 4. The molecule has 0 radical (unpaired) electrons. The van der Waals surface area contributed by atoms with Gasteiger partial charge in [0.2, 0.25) is 11.9 Å². The molecule has 0 spiro atoms. The van der Waals surface area contributed by atoms with Crippen LogP contribution in [0.3, 0.4) is 0 Å². The number of para-hydroxylation sites is 1. The van der Waals surface area contributed by atoms with Crippen LogP contribution >= 0.6 is 0 Å². The first-order valence-corrected chi connectivity index (χ1v) is 12.4. The number of nitrogens with zero attached hydrogens (tertiary/aromatic N) is 4. The molecule has 32 heavy (non-hydrogen) atoms. The molecule has 5 rings (SSSR count).